The van der Waals surface area contributed by atoms with Crippen LogP contribution in [-0.4, -0.2) is 5.91 Å². The number of nitrogens with one attached hydrogen (secondary N) is 1. The number of hydrogen-bond donors (Lipinski definition) is 1. The summed E-state index contributed by atoms with van der Waals surface area (Å²) >= 11 is 0. The topological polar surface area (TPSA) is 63.2 Å². The minimum Gasteiger partial charge on any atom is -0.422 e. The fourth-order valence-corrected chi connectivity index (χ4v) is 2.94. The summed E-state index contributed by atoms with van der Waals surface area (Å²) in [5.74, 6) is 5.91. The van der Waals surface area contributed by atoms with Crippen molar-refractivity contribution in [3.63, 3.8) is 0 Å². The first kappa shape index (κ1) is 16.8. The van der Waals surface area contributed by atoms with Gasteiger partial charge in [0, 0.05) is 36.4 Å². The molecule has 1 aliphatic heterocycles. The molecule has 0 unspecified atom stereocenters. The van der Waals surface area contributed by atoms with Gasteiger partial charge in [0.05, 0.1) is 16.8 Å². The van der Waals surface area contributed by atoms with Gasteiger partial charge >= 0.3 is 5.63 Å². The number of rotatable bonds is 2. The Kier molecular flexibility index (Phi) is 4.31. The van der Waals surface area contributed by atoms with Crippen LogP contribution in [0, 0.1) is 11.8 Å². The predicted octanol–water partition coefficient (Wildman–Crippen LogP) is 2.87. The highest BCUT2D eigenvalue weighted by Gasteiger charge is 2.12. The lowest BCUT2D eigenvalue weighted by atomic mass is 10.1. The molecule has 1 N–H and O–H groups in total. The molecule has 3 aromatic rings. The van der Waals surface area contributed by atoms with Gasteiger partial charge in [0.2, 0.25) is 11.6 Å². The Morgan fingerprint density at radius 3 is 2.93 bits per heavy atom. The maximum atomic E-state index is 12.4. The average Bonchev–Trinajstić information content (AvgIpc) is 2.64. The van der Waals surface area contributed by atoms with Crippen molar-refractivity contribution >= 4 is 34.7 Å². The molecule has 0 spiro atoms. The van der Waals surface area contributed by atoms with Gasteiger partial charge in [0.1, 0.15) is 12.6 Å². The van der Waals surface area contributed by atoms with Crippen molar-refractivity contribution in [2.45, 2.75) is 12.8 Å². The predicted molar refractivity (Wildman–Crippen MR) is 104 cm³/mol. The molecular formula is C22H17N2O3+. The molecule has 0 saturated carbocycles. The molecule has 4 rings (SSSR count). The van der Waals surface area contributed by atoms with E-state index in [2.05, 4.69) is 17.2 Å². The number of nitrogens with zero attached hydrogens (tertiary/aromatic N) is 1. The lowest BCUT2D eigenvalue weighted by Crippen LogP contribution is -2.30. The summed E-state index contributed by atoms with van der Waals surface area (Å²) in [5, 5.41) is 3.60. The number of anilines is 1. The number of aryl methyl sites for hydroxylation is 1. The largest absolute Gasteiger partial charge is 0.422 e. The normalized spacial score (nSPS) is 13.4. The van der Waals surface area contributed by atoms with Crippen LogP contribution in [0.25, 0.3) is 23.1 Å². The molecule has 0 aliphatic carbocycles. The van der Waals surface area contributed by atoms with E-state index in [9.17, 15) is 9.59 Å². The molecule has 5 heteroatoms. The van der Waals surface area contributed by atoms with Crippen LogP contribution >= 0.6 is 0 Å². The Hall–Kier alpha value is -3.65. The maximum Gasteiger partial charge on any atom is 0.343 e. The number of amides is 1. The smallest absolute Gasteiger partial charge is 0.343 e. The first-order valence-electron chi connectivity index (χ1n) is 8.63. The number of hydrogen-bond acceptors (Lipinski definition) is 3. The third-order valence-electron chi connectivity index (χ3n) is 4.40. The Labute approximate surface area is 156 Å². The van der Waals surface area contributed by atoms with E-state index < -0.39 is 5.63 Å². The second-order valence-corrected chi connectivity index (χ2v) is 6.34. The Morgan fingerprint density at radius 2 is 2.07 bits per heavy atom. The molecule has 0 bridgehead atoms. The standard InChI is InChI=1S/C22H16N2O3/c1-24-11-5-4-7-18(24)10-9-16-12-17-13-19-15(14-20(17)27-22(16)26)6-2-3-8-21(25)23-19/h4-5,7,9-14H,3,8H2,1H3/p+1. The molecule has 27 heavy (non-hydrogen) atoms. The molecule has 3 heterocycles. The van der Waals surface area contributed by atoms with Gasteiger partial charge < -0.3 is 9.73 Å². The summed E-state index contributed by atoms with van der Waals surface area (Å²) < 4.78 is 7.44. The summed E-state index contributed by atoms with van der Waals surface area (Å²) in [5.41, 5.74) is 2.72. The Bertz CT molecular complexity index is 1210. The summed E-state index contributed by atoms with van der Waals surface area (Å²) in [4.78, 5) is 24.2. The summed E-state index contributed by atoms with van der Waals surface area (Å²) in [6.45, 7) is 0. The molecule has 0 saturated heterocycles. The molecule has 132 valence electrons. The van der Waals surface area contributed by atoms with Gasteiger partial charge in [-0.1, -0.05) is 11.8 Å². The van der Waals surface area contributed by atoms with Gasteiger partial charge in [-0.3, -0.25) is 4.79 Å². The van der Waals surface area contributed by atoms with E-state index in [1.54, 1.807) is 24.3 Å². The van der Waals surface area contributed by atoms with E-state index in [0.717, 1.165) is 11.1 Å². The van der Waals surface area contributed by atoms with Gasteiger partial charge in [-0.25, -0.2) is 9.36 Å². The van der Waals surface area contributed by atoms with E-state index in [1.165, 1.54) is 0 Å². The average molecular weight is 357 g/mol. The minimum absolute atomic E-state index is 0.0707. The van der Waals surface area contributed by atoms with Crippen LogP contribution in [0.15, 0.2) is 51.8 Å². The van der Waals surface area contributed by atoms with E-state index in [4.69, 9.17) is 4.42 Å². The summed E-state index contributed by atoms with van der Waals surface area (Å²) in [7, 11) is 1.93. The maximum absolute atomic E-state index is 12.4. The molecule has 2 aromatic heterocycles. The van der Waals surface area contributed by atoms with Crippen molar-refractivity contribution < 1.29 is 13.8 Å². The van der Waals surface area contributed by atoms with Crippen molar-refractivity contribution in [1.29, 1.82) is 0 Å². The Balaban J connectivity index is 1.80. The SMILES string of the molecule is C[n+]1ccccc1C=Cc1cc2cc3c(cc2oc1=O)C#CCCC(=O)N3. The molecule has 0 fully saturated rings. The molecule has 1 amide bonds. The first-order chi connectivity index (χ1) is 13.1. The third-order valence-corrected chi connectivity index (χ3v) is 4.40. The van der Waals surface area contributed by atoms with Gasteiger partial charge in [0.25, 0.3) is 0 Å². The van der Waals surface area contributed by atoms with Crippen LogP contribution in [0.2, 0.25) is 0 Å². The second kappa shape index (κ2) is 6.93. The van der Waals surface area contributed by atoms with Crippen LogP contribution in [0.3, 0.4) is 0 Å². The molecule has 0 atom stereocenters. The quantitative estimate of drug-likeness (QED) is 0.436. The third kappa shape index (κ3) is 3.51. The monoisotopic (exact) mass is 357 g/mol. The molecular weight excluding hydrogens is 340 g/mol. The lowest BCUT2D eigenvalue weighted by molar-refractivity contribution is -0.673. The van der Waals surface area contributed by atoms with Gasteiger partial charge in [-0.05, 0) is 30.3 Å². The zero-order valence-corrected chi connectivity index (χ0v) is 14.8. The van der Waals surface area contributed by atoms with E-state index in [-0.39, 0.29) is 5.91 Å². The highest BCUT2D eigenvalue weighted by molar-refractivity contribution is 5.96. The lowest BCUT2D eigenvalue weighted by Gasteiger charge is -2.10. The zero-order chi connectivity index (χ0) is 18.8. The fourth-order valence-electron chi connectivity index (χ4n) is 2.94. The molecule has 1 aliphatic rings. The van der Waals surface area contributed by atoms with Crippen LogP contribution in [0.4, 0.5) is 5.69 Å². The van der Waals surface area contributed by atoms with E-state index >= 15 is 0 Å². The van der Waals surface area contributed by atoms with Crippen molar-refractivity contribution in [1.82, 2.24) is 0 Å². The zero-order valence-electron chi connectivity index (χ0n) is 14.8. The molecule has 5 nitrogen and oxygen atoms in total. The van der Waals surface area contributed by atoms with Gasteiger partial charge in [-0.2, -0.15) is 0 Å². The first-order valence-corrected chi connectivity index (χ1v) is 8.63. The number of fused-ring (bicyclic) bond motifs is 2. The van der Waals surface area contributed by atoms with Gasteiger partial charge in [-0.15, -0.1) is 0 Å². The highest BCUT2D eigenvalue weighted by atomic mass is 16.4. The number of carbonyl (C=O) groups is 1. The van der Waals surface area contributed by atoms with E-state index in [1.807, 2.05) is 42.1 Å². The van der Waals surface area contributed by atoms with Crippen LogP contribution in [-0.2, 0) is 11.8 Å². The van der Waals surface area contributed by atoms with E-state index in [0.29, 0.717) is 35.2 Å². The molecule has 1 aromatic carbocycles. The second-order valence-electron chi connectivity index (χ2n) is 6.34. The van der Waals surface area contributed by atoms with Crippen LogP contribution in [0.1, 0.15) is 29.7 Å². The Morgan fingerprint density at radius 1 is 1.19 bits per heavy atom. The van der Waals surface area contributed by atoms with Crippen LogP contribution in [0.5, 0.6) is 0 Å². The number of benzene rings is 1. The molecule has 0 radical (unpaired) electrons. The number of aromatic nitrogens is 1. The summed E-state index contributed by atoms with van der Waals surface area (Å²) in [6.07, 6.45) is 6.41. The number of pyridine rings is 1. The summed E-state index contributed by atoms with van der Waals surface area (Å²) in [6, 6.07) is 11.1. The van der Waals surface area contributed by atoms with Crippen molar-refractivity contribution in [2.75, 3.05) is 5.32 Å². The number of carbonyl (C=O) groups excluding carboxylic acids is 1. The highest BCUT2D eigenvalue weighted by Crippen LogP contribution is 2.25. The van der Waals surface area contributed by atoms with Crippen molar-refractivity contribution in [3.05, 3.63) is 69.8 Å². The fraction of sp³-hybridized carbons (Fsp3) is 0.136. The minimum atomic E-state index is -0.417. The van der Waals surface area contributed by atoms with Crippen LogP contribution < -0.4 is 15.5 Å². The van der Waals surface area contributed by atoms with Crippen molar-refractivity contribution in [2.24, 2.45) is 7.05 Å². The van der Waals surface area contributed by atoms with Gasteiger partial charge in [0.15, 0.2) is 6.20 Å². The van der Waals surface area contributed by atoms with Crippen molar-refractivity contribution in [3.8, 4) is 11.8 Å².